The number of nitrogens with zero attached hydrogens (tertiary/aromatic N) is 1. The fraction of sp³-hybridized carbons (Fsp3) is 0.241. The largest absolute Gasteiger partial charge is 0.493 e. The van der Waals surface area contributed by atoms with Crippen LogP contribution in [0.2, 0.25) is 0 Å². The Bertz CT molecular complexity index is 1360. The van der Waals surface area contributed by atoms with E-state index in [1.54, 1.807) is 28.4 Å². The molecule has 1 aromatic heterocycles. The second-order valence-electron chi connectivity index (χ2n) is 8.34. The summed E-state index contributed by atoms with van der Waals surface area (Å²) in [6.45, 7) is 2.23. The number of rotatable bonds is 9. The molecule has 0 radical (unpaired) electrons. The minimum absolute atomic E-state index is 0.0448. The van der Waals surface area contributed by atoms with Crippen molar-refractivity contribution in [3.63, 3.8) is 0 Å². The summed E-state index contributed by atoms with van der Waals surface area (Å²) in [5.74, 6) is 2.67. The van der Waals surface area contributed by atoms with Crippen LogP contribution >= 0.6 is 0 Å². The molecule has 0 saturated carbocycles. The van der Waals surface area contributed by atoms with E-state index in [1.165, 1.54) is 0 Å². The van der Waals surface area contributed by atoms with E-state index in [0.29, 0.717) is 35.0 Å². The minimum Gasteiger partial charge on any atom is -0.493 e. The number of hydrogen-bond acceptors (Lipinski definition) is 5. The standard InChI is InChI=1S/C29H30NO5/c1-19-6-9-21(10-7-19)25(31)18-30-13-12-22-16-28(34-4)29(35-5)17-23(22)24(30)14-20-8-11-26(32-2)27(15-20)33-3/h6-13,15-17H,14,18H2,1-5H3/q+1. The lowest BCUT2D eigenvalue weighted by Crippen LogP contribution is -2.42. The second-order valence-corrected chi connectivity index (χ2v) is 8.34. The average Bonchev–Trinajstić information content (AvgIpc) is 2.89. The van der Waals surface area contributed by atoms with Crippen molar-refractivity contribution < 1.29 is 28.3 Å². The molecule has 4 rings (SSSR count). The molecular formula is C29H30NO5+. The molecule has 0 aliphatic heterocycles. The summed E-state index contributed by atoms with van der Waals surface area (Å²) in [5, 5.41) is 1.98. The predicted octanol–water partition coefficient (Wildman–Crippen LogP) is 4.94. The van der Waals surface area contributed by atoms with E-state index in [9.17, 15) is 4.79 Å². The molecule has 4 aromatic rings. The zero-order valence-corrected chi connectivity index (χ0v) is 20.8. The number of ketones is 1. The summed E-state index contributed by atoms with van der Waals surface area (Å²) in [7, 11) is 6.48. The van der Waals surface area contributed by atoms with Gasteiger partial charge in [-0.25, -0.2) is 0 Å². The summed E-state index contributed by atoms with van der Waals surface area (Å²) in [5.41, 5.74) is 3.82. The van der Waals surface area contributed by atoms with Crippen LogP contribution < -0.4 is 23.5 Å². The molecule has 0 saturated heterocycles. The first-order valence-electron chi connectivity index (χ1n) is 11.3. The van der Waals surface area contributed by atoms with Crippen molar-refractivity contribution in [1.29, 1.82) is 0 Å². The Labute approximate surface area is 205 Å². The van der Waals surface area contributed by atoms with Crippen LogP contribution in [0.1, 0.15) is 27.2 Å². The van der Waals surface area contributed by atoms with Crippen molar-refractivity contribution in [2.45, 2.75) is 19.9 Å². The zero-order chi connectivity index (χ0) is 24.9. The maximum Gasteiger partial charge on any atom is 0.227 e. The molecule has 180 valence electrons. The first kappa shape index (κ1) is 24.1. The quantitative estimate of drug-likeness (QED) is 0.255. The van der Waals surface area contributed by atoms with E-state index in [-0.39, 0.29) is 12.3 Å². The van der Waals surface area contributed by atoms with Gasteiger partial charge in [0.2, 0.25) is 12.3 Å². The molecule has 0 atom stereocenters. The fourth-order valence-electron chi connectivity index (χ4n) is 4.21. The van der Waals surface area contributed by atoms with Crippen LogP contribution in [0.25, 0.3) is 10.8 Å². The maximum atomic E-state index is 13.2. The third-order valence-corrected chi connectivity index (χ3v) is 6.15. The number of carbonyl (C=O) groups is 1. The third kappa shape index (κ3) is 5.06. The van der Waals surface area contributed by atoms with E-state index < -0.39 is 0 Å². The first-order chi connectivity index (χ1) is 17.0. The van der Waals surface area contributed by atoms with Crippen molar-refractivity contribution in [3.8, 4) is 23.0 Å². The normalized spacial score (nSPS) is 10.8. The van der Waals surface area contributed by atoms with Crippen molar-refractivity contribution in [3.05, 3.63) is 89.2 Å². The molecule has 1 heterocycles. The highest BCUT2D eigenvalue weighted by Crippen LogP contribution is 2.34. The number of methoxy groups -OCH3 is 4. The number of aryl methyl sites for hydroxylation is 1. The lowest BCUT2D eigenvalue weighted by Gasteiger charge is -2.13. The molecule has 0 aliphatic carbocycles. The van der Waals surface area contributed by atoms with Gasteiger partial charge in [0.15, 0.2) is 34.9 Å². The number of benzene rings is 3. The summed E-state index contributed by atoms with van der Waals surface area (Å²) in [6.07, 6.45) is 2.53. The molecular weight excluding hydrogens is 442 g/mol. The molecule has 0 N–H and O–H groups in total. The minimum atomic E-state index is 0.0448. The van der Waals surface area contributed by atoms with Gasteiger partial charge in [-0.1, -0.05) is 35.9 Å². The Hall–Kier alpha value is -4.06. The SMILES string of the molecule is COc1ccc(Cc2c3cc(OC)c(OC)cc3cc[n+]2CC(=O)c2ccc(C)cc2)cc1OC. The molecule has 3 aromatic carbocycles. The van der Waals surface area contributed by atoms with Gasteiger partial charge in [0.25, 0.3) is 0 Å². The molecule has 6 nitrogen and oxygen atoms in total. The highest BCUT2D eigenvalue weighted by Gasteiger charge is 2.22. The van der Waals surface area contributed by atoms with Crippen LogP contribution in [0, 0.1) is 6.92 Å². The van der Waals surface area contributed by atoms with Crippen molar-refractivity contribution in [2.75, 3.05) is 28.4 Å². The van der Waals surface area contributed by atoms with Crippen LogP contribution in [-0.4, -0.2) is 34.2 Å². The molecule has 0 fully saturated rings. The van der Waals surface area contributed by atoms with Crippen molar-refractivity contribution in [2.24, 2.45) is 0 Å². The molecule has 6 heteroatoms. The first-order valence-corrected chi connectivity index (χ1v) is 11.3. The Kier molecular flexibility index (Phi) is 7.20. The summed E-state index contributed by atoms with van der Waals surface area (Å²) < 4.78 is 24.0. The van der Waals surface area contributed by atoms with Crippen LogP contribution in [0.3, 0.4) is 0 Å². The maximum absolute atomic E-state index is 13.2. The molecule has 0 aliphatic rings. The van der Waals surface area contributed by atoms with Gasteiger partial charge >= 0.3 is 0 Å². The molecule has 0 unspecified atom stereocenters. The van der Waals surface area contributed by atoms with Crippen LogP contribution in [0.15, 0.2) is 66.9 Å². The summed E-state index contributed by atoms with van der Waals surface area (Å²) in [4.78, 5) is 13.2. The van der Waals surface area contributed by atoms with Gasteiger partial charge < -0.3 is 18.9 Å². The number of ether oxygens (including phenoxy) is 4. The van der Waals surface area contributed by atoms with Gasteiger partial charge in [-0.3, -0.25) is 4.79 Å². The average molecular weight is 473 g/mol. The van der Waals surface area contributed by atoms with E-state index in [0.717, 1.165) is 27.6 Å². The molecule has 35 heavy (non-hydrogen) atoms. The highest BCUT2D eigenvalue weighted by atomic mass is 16.5. The zero-order valence-electron chi connectivity index (χ0n) is 20.8. The van der Waals surface area contributed by atoms with Gasteiger partial charge in [0.05, 0.1) is 40.2 Å². The number of aromatic nitrogens is 1. The van der Waals surface area contributed by atoms with E-state index in [4.69, 9.17) is 18.9 Å². The number of Topliss-reactive ketones (excluding diaryl/α,β-unsaturated/α-hetero) is 1. The summed E-state index contributed by atoms with van der Waals surface area (Å²) in [6, 6.07) is 19.5. The Morgan fingerprint density at radius 1 is 0.743 bits per heavy atom. The third-order valence-electron chi connectivity index (χ3n) is 6.15. The van der Waals surface area contributed by atoms with Crippen LogP contribution in [0.5, 0.6) is 23.0 Å². The van der Waals surface area contributed by atoms with E-state index >= 15 is 0 Å². The molecule has 0 spiro atoms. The van der Waals surface area contributed by atoms with E-state index in [2.05, 4.69) is 0 Å². The fourth-order valence-corrected chi connectivity index (χ4v) is 4.21. The number of hydrogen-bond donors (Lipinski definition) is 0. The lowest BCUT2D eigenvalue weighted by atomic mass is 10.0. The smallest absolute Gasteiger partial charge is 0.227 e. The van der Waals surface area contributed by atoms with Gasteiger partial charge in [-0.2, -0.15) is 4.57 Å². The monoisotopic (exact) mass is 472 g/mol. The Morgan fingerprint density at radius 3 is 2.03 bits per heavy atom. The number of fused-ring (bicyclic) bond motifs is 1. The van der Waals surface area contributed by atoms with Crippen LogP contribution in [0.4, 0.5) is 0 Å². The molecule has 0 bridgehead atoms. The van der Waals surface area contributed by atoms with Crippen molar-refractivity contribution >= 4 is 16.6 Å². The van der Waals surface area contributed by atoms with Gasteiger partial charge in [0, 0.05) is 11.6 Å². The number of carbonyl (C=O) groups excluding carboxylic acids is 1. The summed E-state index contributed by atoms with van der Waals surface area (Å²) >= 11 is 0. The highest BCUT2D eigenvalue weighted by molar-refractivity contribution is 5.95. The number of pyridine rings is 1. The predicted molar refractivity (Wildman–Crippen MR) is 135 cm³/mol. The van der Waals surface area contributed by atoms with Crippen molar-refractivity contribution in [1.82, 2.24) is 0 Å². The van der Waals surface area contributed by atoms with Gasteiger partial charge in [-0.05, 0) is 42.1 Å². The van der Waals surface area contributed by atoms with Gasteiger partial charge in [-0.15, -0.1) is 0 Å². The second kappa shape index (κ2) is 10.5. The Balaban J connectivity index is 1.83. The van der Waals surface area contributed by atoms with Crippen LogP contribution in [-0.2, 0) is 13.0 Å². The topological polar surface area (TPSA) is 57.9 Å². The van der Waals surface area contributed by atoms with E-state index in [1.807, 2.05) is 78.4 Å². The van der Waals surface area contributed by atoms with Gasteiger partial charge in [0.1, 0.15) is 0 Å². The Morgan fingerprint density at radius 2 is 1.37 bits per heavy atom. The lowest BCUT2D eigenvalue weighted by molar-refractivity contribution is -0.688. The molecule has 0 amide bonds.